The Morgan fingerprint density at radius 1 is 1.58 bits per heavy atom. The van der Waals surface area contributed by atoms with Crippen LogP contribution in [-0.2, 0) is 6.54 Å². The molecule has 1 aromatic rings. The summed E-state index contributed by atoms with van der Waals surface area (Å²) >= 11 is 4.62. The second kappa shape index (κ2) is 4.38. The minimum atomic E-state index is 0.272. The van der Waals surface area contributed by atoms with Crippen molar-refractivity contribution in [1.29, 1.82) is 0 Å². The molecule has 1 heterocycles. The predicted octanol–water partition coefficient (Wildman–Crippen LogP) is 1.63. The van der Waals surface area contributed by atoms with E-state index < -0.39 is 0 Å². The highest BCUT2D eigenvalue weighted by Gasteiger charge is 1.92. The van der Waals surface area contributed by atoms with Crippen LogP contribution in [0.25, 0.3) is 10.4 Å². The van der Waals surface area contributed by atoms with Gasteiger partial charge in [-0.15, -0.1) is 0 Å². The van der Waals surface area contributed by atoms with Gasteiger partial charge in [0.2, 0.25) is 0 Å². The van der Waals surface area contributed by atoms with Gasteiger partial charge < -0.3 is 0 Å². The van der Waals surface area contributed by atoms with Gasteiger partial charge in [-0.1, -0.05) is 17.3 Å². The molecule has 0 aliphatic heterocycles. The van der Waals surface area contributed by atoms with E-state index in [1.807, 2.05) is 0 Å². The Labute approximate surface area is 74.1 Å². The summed E-state index contributed by atoms with van der Waals surface area (Å²) in [6.07, 6.45) is 3.17. The van der Waals surface area contributed by atoms with Crippen molar-refractivity contribution in [2.45, 2.75) is 6.54 Å². The van der Waals surface area contributed by atoms with Gasteiger partial charge in [-0.3, -0.25) is 0 Å². The number of hydrogen-bond acceptors (Lipinski definition) is 4. The molecule has 0 fully saturated rings. The maximum Gasteiger partial charge on any atom is 0.162 e. The van der Waals surface area contributed by atoms with E-state index in [2.05, 4.69) is 32.2 Å². The van der Waals surface area contributed by atoms with Gasteiger partial charge in [0.15, 0.2) is 5.82 Å². The van der Waals surface area contributed by atoms with Crippen molar-refractivity contribution in [3.63, 3.8) is 0 Å². The van der Waals surface area contributed by atoms with E-state index in [0.717, 1.165) is 5.56 Å². The molecule has 0 aliphatic carbocycles. The average Bonchev–Trinajstić information content (AvgIpc) is 2.15. The molecule has 0 N–H and O–H groups in total. The van der Waals surface area contributed by atoms with Crippen LogP contribution in [0.1, 0.15) is 11.4 Å². The Bertz CT molecular complexity index is 313. The fourth-order valence-corrected chi connectivity index (χ4v) is 0.742. The highest BCUT2D eigenvalue weighted by atomic mass is 32.1. The van der Waals surface area contributed by atoms with Crippen LogP contribution in [0.2, 0.25) is 0 Å². The third-order valence-electron chi connectivity index (χ3n) is 1.15. The lowest BCUT2D eigenvalue weighted by Gasteiger charge is -1.93. The summed E-state index contributed by atoms with van der Waals surface area (Å²) in [4.78, 5) is 10.4. The van der Waals surface area contributed by atoms with Crippen LogP contribution < -0.4 is 0 Å². The molecule has 0 amide bonds. The molecule has 0 atom stereocenters. The Morgan fingerprint density at radius 3 is 2.75 bits per heavy atom. The fraction of sp³-hybridized carbons (Fsp3) is 0.167. The van der Waals surface area contributed by atoms with Crippen LogP contribution in [0.3, 0.4) is 0 Å². The van der Waals surface area contributed by atoms with Gasteiger partial charge in [-0.25, -0.2) is 9.97 Å². The molecule has 0 spiro atoms. The largest absolute Gasteiger partial charge is 0.236 e. The predicted molar refractivity (Wildman–Crippen MR) is 47.6 cm³/mol. The van der Waals surface area contributed by atoms with Crippen molar-refractivity contribution < 1.29 is 0 Å². The van der Waals surface area contributed by atoms with Gasteiger partial charge in [-0.05, 0) is 11.1 Å². The maximum absolute atomic E-state index is 8.02. The minimum absolute atomic E-state index is 0.272. The van der Waals surface area contributed by atoms with Gasteiger partial charge in [0.05, 0.1) is 6.54 Å². The van der Waals surface area contributed by atoms with Crippen molar-refractivity contribution in [3.05, 3.63) is 34.2 Å². The van der Waals surface area contributed by atoms with Crippen LogP contribution in [-0.4, -0.2) is 15.3 Å². The molecule has 0 aromatic carbocycles. The molecule has 0 unspecified atom stereocenters. The first kappa shape index (κ1) is 8.58. The number of thiocarbonyl (C=S) groups is 1. The second-order valence-electron chi connectivity index (χ2n) is 1.96. The summed E-state index contributed by atoms with van der Waals surface area (Å²) in [5.74, 6) is 0.495. The van der Waals surface area contributed by atoms with Gasteiger partial charge >= 0.3 is 0 Å². The van der Waals surface area contributed by atoms with Crippen LogP contribution in [0, 0.1) is 0 Å². The fourth-order valence-electron chi connectivity index (χ4n) is 0.621. The molecule has 0 radical (unpaired) electrons. The highest BCUT2D eigenvalue weighted by molar-refractivity contribution is 7.79. The first-order chi connectivity index (χ1) is 5.86. The lowest BCUT2D eigenvalue weighted by atomic mass is 10.3. The second-order valence-corrected chi connectivity index (χ2v) is 2.19. The molecule has 60 valence electrons. The Kier molecular flexibility index (Phi) is 3.13. The van der Waals surface area contributed by atoms with Crippen molar-refractivity contribution >= 4 is 17.6 Å². The third-order valence-corrected chi connectivity index (χ3v) is 1.36. The normalized spacial score (nSPS) is 8.67. The van der Waals surface area contributed by atoms with E-state index in [1.165, 1.54) is 5.37 Å². The number of nitrogens with zero attached hydrogens (tertiary/aromatic N) is 5. The topological polar surface area (TPSA) is 74.5 Å². The average molecular weight is 179 g/mol. The van der Waals surface area contributed by atoms with E-state index in [4.69, 9.17) is 5.53 Å². The maximum atomic E-state index is 8.02. The molecule has 5 nitrogen and oxygen atoms in total. The SMILES string of the molecule is [N-]=[N+]=NCc1cnc(C=S)nc1. The zero-order chi connectivity index (χ0) is 8.81. The first-order valence-corrected chi connectivity index (χ1v) is 3.61. The number of rotatable bonds is 3. The van der Waals surface area contributed by atoms with Gasteiger partial charge in [0.1, 0.15) is 0 Å². The molecule has 12 heavy (non-hydrogen) atoms. The lowest BCUT2D eigenvalue weighted by Crippen LogP contribution is -1.92. The number of azide groups is 1. The monoisotopic (exact) mass is 179 g/mol. The molecule has 6 heteroatoms. The van der Waals surface area contributed by atoms with Crippen LogP contribution in [0.15, 0.2) is 17.5 Å². The molecular weight excluding hydrogens is 174 g/mol. The Morgan fingerprint density at radius 2 is 2.25 bits per heavy atom. The van der Waals surface area contributed by atoms with Crippen LogP contribution in [0.5, 0.6) is 0 Å². The molecule has 1 rings (SSSR count). The van der Waals surface area contributed by atoms with Gasteiger partial charge in [0, 0.05) is 22.7 Å². The standard InChI is InChI=1S/C6H5N5S/c7-11-10-3-5-1-8-6(4-12)9-2-5/h1-2,4H,3H2. The van der Waals surface area contributed by atoms with Crippen LogP contribution >= 0.6 is 12.2 Å². The first-order valence-electron chi connectivity index (χ1n) is 3.14. The number of aromatic nitrogens is 2. The van der Waals surface area contributed by atoms with E-state index >= 15 is 0 Å². The van der Waals surface area contributed by atoms with Crippen LogP contribution in [0.4, 0.5) is 0 Å². The van der Waals surface area contributed by atoms with Gasteiger partial charge in [-0.2, -0.15) is 0 Å². The molecule has 0 saturated carbocycles. The smallest absolute Gasteiger partial charge is 0.162 e. The van der Waals surface area contributed by atoms with Crippen molar-refractivity contribution in [1.82, 2.24) is 9.97 Å². The zero-order valence-corrected chi connectivity index (χ0v) is 6.90. The summed E-state index contributed by atoms with van der Waals surface area (Å²) in [5, 5.41) is 4.75. The summed E-state index contributed by atoms with van der Waals surface area (Å²) < 4.78 is 0. The quantitative estimate of drug-likeness (QED) is 0.306. The molecule has 0 bridgehead atoms. The summed E-state index contributed by atoms with van der Waals surface area (Å²) in [6.45, 7) is 0.272. The van der Waals surface area contributed by atoms with Crippen molar-refractivity contribution in [3.8, 4) is 0 Å². The van der Waals surface area contributed by atoms with E-state index in [-0.39, 0.29) is 6.54 Å². The van der Waals surface area contributed by atoms with E-state index in [0.29, 0.717) is 5.82 Å². The Balaban J connectivity index is 2.77. The lowest BCUT2D eigenvalue weighted by molar-refractivity contribution is 0.990. The van der Waals surface area contributed by atoms with E-state index in [1.54, 1.807) is 12.4 Å². The van der Waals surface area contributed by atoms with Crippen molar-refractivity contribution in [2.75, 3.05) is 0 Å². The highest BCUT2D eigenvalue weighted by Crippen LogP contribution is 1.97. The summed E-state index contributed by atoms with van der Waals surface area (Å²) in [7, 11) is 0. The summed E-state index contributed by atoms with van der Waals surface area (Å²) in [6, 6.07) is 0. The molecule has 0 aliphatic rings. The van der Waals surface area contributed by atoms with Crippen molar-refractivity contribution in [2.24, 2.45) is 5.11 Å². The third kappa shape index (κ3) is 2.26. The van der Waals surface area contributed by atoms with Gasteiger partial charge in [0.25, 0.3) is 0 Å². The Hall–Kier alpha value is -1.52. The summed E-state index contributed by atoms with van der Waals surface area (Å²) in [5.41, 5.74) is 8.79. The molecule has 0 saturated heterocycles. The zero-order valence-electron chi connectivity index (χ0n) is 6.08. The number of hydrogen-bond donors (Lipinski definition) is 0. The molecule has 1 aromatic heterocycles. The minimum Gasteiger partial charge on any atom is -0.236 e. The molecular formula is C6H5N5S. The van der Waals surface area contributed by atoms with E-state index in [9.17, 15) is 0 Å².